The summed E-state index contributed by atoms with van der Waals surface area (Å²) in [7, 11) is 0. The van der Waals surface area contributed by atoms with Crippen molar-refractivity contribution in [1.82, 2.24) is 0 Å². The molecule has 2 aromatic carbocycles. The van der Waals surface area contributed by atoms with E-state index in [0.29, 0.717) is 17.6 Å². The number of para-hydroxylation sites is 1. The van der Waals surface area contributed by atoms with Crippen molar-refractivity contribution >= 4 is 12.3 Å². The third-order valence-electron chi connectivity index (χ3n) is 2.51. The highest BCUT2D eigenvalue weighted by Gasteiger charge is 2.21. The molecule has 0 fully saturated rings. The molecule has 0 aliphatic heterocycles. The SMILES string of the molecule is O=CC(C(=O)Oc1ccccc1)c1ccccc1. The number of esters is 1. The summed E-state index contributed by atoms with van der Waals surface area (Å²) in [5.41, 5.74) is 0.633. The monoisotopic (exact) mass is 240 g/mol. The van der Waals surface area contributed by atoms with E-state index in [2.05, 4.69) is 0 Å². The number of benzene rings is 2. The van der Waals surface area contributed by atoms with Crippen LogP contribution >= 0.6 is 0 Å². The molecule has 0 amide bonds. The molecule has 0 aromatic heterocycles. The normalized spacial score (nSPS) is 11.6. The van der Waals surface area contributed by atoms with Gasteiger partial charge in [0.1, 0.15) is 18.0 Å². The van der Waals surface area contributed by atoms with Gasteiger partial charge in [0.05, 0.1) is 0 Å². The van der Waals surface area contributed by atoms with Gasteiger partial charge < -0.3 is 9.53 Å². The Morgan fingerprint density at radius 3 is 2.06 bits per heavy atom. The fourth-order valence-electron chi connectivity index (χ4n) is 1.60. The van der Waals surface area contributed by atoms with E-state index < -0.39 is 11.9 Å². The number of carbonyl (C=O) groups excluding carboxylic acids is 2. The summed E-state index contributed by atoms with van der Waals surface area (Å²) < 4.78 is 5.15. The minimum absolute atomic E-state index is 0.435. The summed E-state index contributed by atoms with van der Waals surface area (Å²) in [5, 5.41) is 0. The van der Waals surface area contributed by atoms with E-state index in [1.54, 1.807) is 48.5 Å². The lowest BCUT2D eigenvalue weighted by molar-refractivity contribution is -0.137. The second kappa shape index (κ2) is 5.77. The van der Waals surface area contributed by atoms with Gasteiger partial charge in [-0.2, -0.15) is 0 Å². The van der Waals surface area contributed by atoms with Gasteiger partial charge in [-0.1, -0.05) is 48.5 Å². The molecular formula is C15H12O3. The van der Waals surface area contributed by atoms with E-state index in [9.17, 15) is 9.59 Å². The lowest BCUT2D eigenvalue weighted by atomic mass is 10.0. The lowest BCUT2D eigenvalue weighted by Crippen LogP contribution is -2.19. The molecule has 3 nitrogen and oxygen atoms in total. The van der Waals surface area contributed by atoms with Gasteiger partial charge in [0.15, 0.2) is 0 Å². The summed E-state index contributed by atoms with van der Waals surface area (Å²) in [6.07, 6.45) is 0.598. The summed E-state index contributed by atoms with van der Waals surface area (Å²) in [4.78, 5) is 22.9. The van der Waals surface area contributed by atoms with Crippen molar-refractivity contribution < 1.29 is 14.3 Å². The number of hydrogen-bond acceptors (Lipinski definition) is 3. The molecular weight excluding hydrogens is 228 g/mol. The molecule has 1 unspecified atom stereocenters. The molecule has 0 aliphatic carbocycles. The van der Waals surface area contributed by atoms with Gasteiger partial charge in [-0.3, -0.25) is 4.79 Å². The second-order valence-electron chi connectivity index (χ2n) is 3.76. The maximum absolute atomic E-state index is 11.9. The van der Waals surface area contributed by atoms with Crippen LogP contribution in [-0.2, 0) is 9.59 Å². The number of carbonyl (C=O) groups is 2. The maximum atomic E-state index is 11.9. The minimum atomic E-state index is -0.883. The Bertz CT molecular complexity index is 520. The van der Waals surface area contributed by atoms with Gasteiger partial charge in [0.2, 0.25) is 0 Å². The Labute approximate surface area is 105 Å². The van der Waals surface area contributed by atoms with Gasteiger partial charge in [-0.25, -0.2) is 0 Å². The summed E-state index contributed by atoms with van der Waals surface area (Å²) in [5.74, 6) is -1.01. The first kappa shape index (κ1) is 12.0. The summed E-state index contributed by atoms with van der Waals surface area (Å²) in [6, 6.07) is 17.5. The highest BCUT2D eigenvalue weighted by molar-refractivity contribution is 5.95. The number of hydrogen-bond donors (Lipinski definition) is 0. The molecule has 0 N–H and O–H groups in total. The lowest BCUT2D eigenvalue weighted by Gasteiger charge is -2.10. The zero-order chi connectivity index (χ0) is 12.8. The first-order valence-corrected chi connectivity index (χ1v) is 5.58. The van der Waals surface area contributed by atoms with E-state index in [4.69, 9.17) is 4.74 Å². The van der Waals surface area contributed by atoms with Crippen molar-refractivity contribution in [3.05, 3.63) is 66.2 Å². The van der Waals surface area contributed by atoms with E-state index >= 15 is 0 Å². The molecule has 0 saturated carbocycles. The van der Waals surface area contributed by atoms with Crippen molar-refractivity contribution in [2.24, 2.45) is 0 Å². The zero-order valence-electron chi connectivity index (χ0n) is 9.65. The van der Waals surface area contributed by atoms with Gasteiger partial charge >= 0.3 is 5.97 Å². The first-order chi connectivity index (χ1) is 8.81. The molecule has 0 bridgehead atoms. The highest BCUT2D eigenvalue weighted by atomic mass is 16.5. The molecule has 18 heavy (non-hydrogen) atoms. The summed E-state index contributed by atoms with van der Waals surface area (Å²) >= 11 is 0. The van der Waals surface area contributed by atoms with Crippen molar-refractivity contribution in [2.45, 2.75) is 5.92 Å². The largest absolute Gasteiger partial charge is 0.426 e. The van der Waals surface area contributed by atoms with E-state index in [1.807, 2.05) is 12.1 Å². The number of rotatable bonds is 4. The minimum Gasteiger partial charge on any atom is -0.426 e. The molecule has 2 aromatic rings. The smallest absolute Gasteiger partial charge is 0.326 e. The van der Waals surface area contributed by atoms with Crippen molar-refractivity contribution in [1.29, 1.82) is 0 Å². The van der Waals surface area contributed by atoms with Crippen LogP contribution in [0.2, 0.25) is 0 Å². The van der Waals surface area contributed by atoms with Gasteiger partial charge in [0.25, 0.3) is 0 Å². The number of aldehydes is 1. The van der Waals surface area contributed by atoms with Gasteiger partial charge in [-0.05, 0) is 17.7 Å². The van der Waals surface area contributed by atoms with Crippen molar-refractivity contribution in [3.8, 4) is 5.75 Å². The predicted octanol–water partition coefficient (Wildman–Crippen LogP) is 2.57. The molecule has 3 heteroatoms. The van der Waals surface area contributed by atoms with Crippen LogP contribution in [-0.4, -0.2) is 12.3 Å². The van der Waals surface area contributed by atoms with Gasteiger partial charge in [-0.15, -0.1) is 0 Å². The van der Waals surface area contributed by atoms with Crippen LogP contribution in [0, 0.1) is 0 Å². The number of ether oxygens (including phenoxy) is 1. The topological polar surface area (TPSA) is 43.4 Å². The third kappa shape index (κ3) is 2.83. The second-order valence-corrected chi connectivity index (χ2v) is 3.76. The van der Waals surface area contributed by atoms with Crippen LogP contribution in [0.5, 0.6) is 5.75 Å². The first-order valence-electron chi connectivity index (χ1n) is 5.58. The van der Waals surface area contributed by atoms with Crippen LogP contribution in [0.4, 0.5) is 0 Å². The fourth-order valence-corrected chi connectivity index (χ4v) is 1.60. The van der Waals surface area contributed by atoms with Crippen molar-refractivity contribution in [2.75, 3.05) is 0 Å². The molecule has 90 valence electrons. The average Bonchev–Trinajstić information content (AvgIpc) is 2.42. The van der Waals surface area contributed by atoms with E-state index in [1.165, 1.54) is 0 Å². The molecule has 0 heterocycles. The third-order valence-corrected chi connectivity index (χ3v) is 2.51. The van der Waals surface area contributed by atoms with Crippen LogP contribution in [0.1, 0.15) is 11.5 Å². The zero-order valence-corrected chi connectivity index (χ0v) is 9.65. The Morgan fingerprint density at radius 2 is 1.50 bits per heavy atom. The van der Waals surface area contributed by atoms with Crippen LogP contribution in [0.3, 0.4) is 0 Å². The van der Waals surface area contributed by atoms with Crippen LogP contribution < -0.4 is 4.74 Å². The Morgan fingerprint density at radius 1 is 0.944 bits per heavy atom. The fraction of sp³-hybridized carbons (Fsp3) is 0.0667. The average molecular weight is 240 g/mol. The van der Waals surface area contributed by atoms with E-state index in [-0.39, 0.29) is 0 Å². The molecule has 0 spiro atoms. The van der Waals surface area contributed by atoms with Crippen LogP contribution in [0.25, 0.3) is 0 Å². The highest BCUT2D eigenvalue weighted by Crippen LogP contribution is 2.17. The molecule has 0 aliphatic rings. The Balaban J connectivity index is 2.14. The molecule has 0 saturated heterocycles. The quantitative estimate of drug-likeness (QED) is 0.357. The standard InChI is InChI=1S/C15H12O3/c16-11-14(12-7-3-1-4-8-12)15(17)18-13-9-5-2-6-10-13/h1-11,14H. The van der Waals surface area contributed by atoms with Crippen LogP contribution in [0.15, 0.2) is 60.7 Å². The van der Waals surface area contributed by atoms with Crippen molar-refractivity contribution in [3.63, 3.8) is 0 Å². The Hall–Kier alpha value is -2.42. The summed E-state index contributed by atoms with van der Waals surface area (Å²) in [6.45, 7) is 0. The predicted molar refractivity (Wildman–Crippen MR) is 67.3 cm³/mol. The Kier molecular flexibility index (Phi) is 3.86. The molecule has 0 radical (unpaired) electrons. The van der Waals surface area contributed by atoms with Gasteiger partial charge in [0, 0.05) is 0 Å². The van der Waals surface area contributed by atoms with E-state index in [0.717, 1.165) is 0 Å². The molecule has 1 atom stereocenters. The maximum Gasteiger partial charge on any atom is 0.326 e. The molecule has 2 rings (SSSR count).